The molecule has 3 heteroatoms. The zero-order valence-corrected chi connectivity index (χ0v) is 10.5. The summed E-state index contributed by atoms with van der Waals surface area (Å²) in [5.41, 5.74) is 0. The lowest BCUT2D eigenvalue weighted by Crippen LogP contribution is -2.46. The van der Waals surface area contributed by atoms with Crippen molar-refractivity contribution in [2.45, 2.75) is 44.8 Å². The summed E-state index contributed by atoms with van der Waals surface area (Å²) in [6.07, 6.45) is 9.10. The van der Waals surface area contributed by atoms with Crippen LogP contribution < -0.4 is 0 Å². The van der Waals surface area contributed by atoms with Gasteiger partial charge in [0.05, 0.1) is 12.2 Å². The number of piperidine rings is 1. The van der Waals surface area contributed by atoms with E-state index in [1.807, 2.05) is 0 Å². The van der Waals surface area contributed by atoms with Crippen LogP contribution in [-0.4, -0.2) is 36.1 Å². The number of rotatable bonds is 1. The van der Waals surface area contributed by atoms with Gasteiger partial charge < -0.3 is 9.64 Å². The molecule has 3 atom stereocenters. The van der Waals surface area contributed by atoms with E-state index >= 15 is 0 Å². The van der Waals surface area contributed by atoms with Crippen molar-refractivity contribution in [3.05, 3.63) is 12.2 Å². The van der Waals surface area contributed by atoms with Gasteiger partial charge in [0, 0.05) is 24.9 Å². The molecule has 17 heavy (non-hydrogen) atoms. The van der Waals surface area contributed by atoms with E-state index in [1.54, 1.807) is 0 Å². The lowest BCUT2D eigenvalue weighted by molar-refractivity contribution is -0.138. The lowest BCUT2D eigenvalue weighted by Gasteiger charge is -2.35. The second-order valence-corrected chi connectivity index (χ2v) is 5.69. The average molecular weight is 235 g/mol. The molecule has 0 aromatic rings. The number of hydrogen-bond donors (Lipinski definition) is 0. The zero-order chi connectivity index (χ0) is 11.8. The molecule has 0 aromatic heterocycles. The minimum Gasteiger partial charge on any atom is -0.375 e. The van der Waals surface area contributed by atoms with Gasteiger partial charge in [0.1, 0.15) is 0 Å². The lowest BCUT2D eigenvalue weighted by atomic mass is 9.92. The molecular weight excluding hydrogens is 214 g/mol. The molecule has 2 heterocycles. The molecule has 0 N–H and O–H groups in total. The van der Waals surface area contributed by atoms with Crippen molar-refractivity contribution in [1.82, 2.24) is 4.90 Å². The number of fused-ring (bicyclic) bond motifs is 1. The third-order valence-electron chi connectivity index (χ3n) is 4.37. The molecule has 0 bridgehead atoms. The van der Waals surface area contributed by atoms with Crippen molar-refractivity contribution < 1.29 is 9.53 Å². The Morgan fingerprint density at radius 1 is 1.35 bits per heavy atom. The Hall–Kier alpha value is -0.830. The maximum atomic E-state index is 12.3. The predicted octanol–water partition coefficient (Wildman–Crippen LogP) is 1.98. The number of hydrogen-bond acceptors (Lipinski definition) is 2. The highest BCUT2D eigenvalue weighted by molar-refractivity contribution is 5.79. The first-order chi connectivity index (χ1) is 8.24. The maximum absolute atomic E-state index is 12.3. The van der Waals surface area contributed by atoms with Gasteiger partial charge in [-0.2, -0.15) is 0 Å². The summed E-state index contributed by atoms with van der Waals surface area (Å²) in [5.74, 6) is 1.18. The fourth-order valence-corrected chi connectivity index (χ4v) is 3.47. The number of amides is 1. The third-order valence-corrected chi connectivity index (χ3v) is 4.37. The summed E-state index contributed by atoms with van der Waals surface area (Å²) < 4.78 is 5.87. The normalized spacial score (nSPS) is 37.5. The van der Waals surface area contributed by atoms with Gasteiger partial charge in [-0.25, -0.2) is 0 Å². The van der Waals surface area contributed by atoms with Gasteiger partial charge in [-0.15, -0.1) is 0 Å². The van der Waals surface area contributed by atoms with Gasteiger partial charge in [-0.3, -0.25) is 4.79 Å². The standard InChI is InChI=1S/C14H21NO2/c1-10-8-12-9-15(7-6-13(12)17-10)14(16)11-4-2-3-5-11/h2-3,10-13H,4-9H2,1H3/t10-,12-,13+/m1/s1. The van der Waals surface area contributed by atoms with Crippen LogP contribution in [0.1, 0.15) is 32.6 Å². The molecule has 0 spiro atoms. The summed E-state index contributed by atoms with van der Waals surface area (Å²) in [6.45, 7) is 3.96. The topological polar surface area (TPSA) is 29.5 Å². The van der Waals surface area contributed by atoms with Crippen molar-refractivity contribution in [3.63, 3.8) is 0 Å². The summed E-state index contributed by atoms with van der Waals surface area (Å²) in [7, 11) is 0. The largest absolute Gasteiger partial charge is 0.375 e. The van der Waals surface area contributed by atoms with Crippen LogP contribution >= 0.6 is 0 Å². The molecule has 2 aliphatic heterocycles. The molecule has 0 unspecified atom stereocenters. The van der Waals surface area contributed by atoms with E-state index in [2.05, 4.69) is 24.0 Å². The van der Waals surface area contributed by atoms with Gasteiger partial charge in [-0.1, -0.05) is 12.2 Å². The molecule has 0 radical (unpaired) electrons. The molecule has 0 aromatic carbocycles. The molecule has 1 aliphatic carbocycles. The van der Waals surface area contributed by atoms with E-state index in [-0.39, 0.29) is 5.92 Å². The van der Waals surface area contributed by atoms with Crippen LogP contribution in [0.15, 0.2) is 12.2 Å². The summed E-state index contributed by atoms with van der Waals surface area (Å²) >= 11 is 0. The van der Waals surface area contributed by atoms with Crippen molar-refractivity contribution in [1.29, 1.82) is 0 Å². The zero-order valence-electron chi connectivity index (χ0n) is 10.5. The fourth-order valence-electron chi connectivity index (χ4n) is 3.47. The Morgan fingerprint density at radius 2 is 2.12 bits per heavy atom. The Balaban J connectivity index is 1.60. The van der Waals surface area contributed by atoms with Crippen molar-refractivity contribution >= 4 is 5.91 Å². The first-order valence-corrected chi connectivity index (χ1v) is 6.83. The van der Waals surface area contributed by atoms with Crippen LogP contribution in [0.2, 0.25) is 0 Å². The predicted molar refractivity (Wildman–Crippen MR) is 65.5 cm³/mol. The van der Waals surface area contributed by atoms with Crippen molar-refractivity contribution in [2.24, 2.45) is 11.8 Å². The number of carbonyl (C=O) groups excluding carboxylic acids is 1. The molecule has 1 amide bonds. The van der Waals surface area contributed by atoms with E-state index in [4.69, 9.17) is 4.74 Å². The Morgan fingerprint density at radius 3 is 2.88 bits per heavy atom. The highest BCUT2D eigenvalue weighted by Gasteiger charge is 2.39. The highest BCUT2D eigenvalue weighted by atomic mass is 16.5. The first kappa shape index (κ1) is 11.3. The van der Waals surface area contributed by atoms with Crippen LogP contribution in [0.25, 0.3) is 0 Å². The van der Waals surface area contributed by atoms with Crippen LogP contribution in [-0.2, 0) is 9.53 Å². The van der Waals surface area contributed by atoms with Gasteiger partial charge in [0.2, 0.25) is 5.91 Å². The minimum absolute atomic E-state index is 0.228. The van der Waals surface area contributed by atoms with Crippen LogP contribution in [0.3, 0.4) is 0 Å². The van der Waals surface area contributed by atoms with Crippen LogP contribution in [0, 0.1) is 11.8 Å². The smallest absolute Gasteiger partial charge is 0.226 e. The van der Waals surface area contributed by atoms with Crippen molar-refractivity contribution in [2.75, 3.05) is 13.1 Å². The number of carbonyl (C=O) groups is 1. The van der Waals surface area contributed by atoms with E-state index in [0.29, 0.717) is 24.0 Å². The average Bonchev–Trinajstić information content (AvgIpc) is 2.94. The van der Waals surface area contributed by atoms with Gasteiger partial charge in [0.15, 0.2) is 0 Å². The van der Waals surface area contributed by atoms with E-state index in [0.717, 1.165) is 38.8 Å². The molecule has 2 saturated heterocycles. The van der Waals surface area contributed by atoms with Crippen LogP contribution in [0.4, 0.5) is 0 Å². The number of nitrogens with zero attached hydrogens (tertiary/aromatic N) is 1. The summed E-state index contributed by atoms with van der Waals surface area (Å²) in [6, 6.07) is 0. The Kier molecular flexibility index (Phi) is 2.95. The SMILES string of the molecule is C[C@@H]1C[C@@H]2CN(C(=O)C3CC=CC3)CC[C@@H]2O1. The Labute approximate surface area is 103 Å². The number of ether oxygens (including phenoxy) is 1. The van der Waals surface area contributed by atoms with Gasteiger partial charge in [0.25, 0.3) is 0 Å². The summed E-state index contributed by atoms with van der Waals surface area (Å²) in [4.78, 5) is 14.4. The molecule has 2 fully saturated rings. The monoisotopic (exact) mass is 235 g/mol. The minimum atomic E-state index is 0.228. The van der Waals surface area contributed by atoms with Gasteiger partial charge >= 0.3 is 0 Å². The van der Waals surface area contributed by atoms with E-state index in [9.17, 15) is 4.79 Å². The van der Waals surface area contributed by atoms with E-state index < -0.39 is 0 Å². The Bertz CT molecular complexity index is 331. The highest BCUT2D eigenvalue weighted by Crippen LogP contribution is 2.33. The maximum Gasteiger partial charge on any atom is 0.226 e. The summed E-state index contributed by atoms with van der Waals surface area (Å²) in [5, 5.41) is 0. The fraction of sp³-hybridized carbons (Fsp3) is 0.786. The first-order valence-electron chi connectivity index (χ1n) is 6.83. The van der Waals surface area contributed by atoms with Gasteiger partial charge in [-0.05, 0) is 32.6 Å². The van der Waals surface area contributed by atoms with Crippen molar-refractivity contribution in [3.8, 4) is 0 Å². The van der Waals surface area contributed by atoms with E-state index in [1.165, 1.54) is 0 Å². The third kappa shape index (κ3) is 2.13. The molecule has 94 valence electrons. The molecule has 3 nitrogen and oxygen atoms in total. The second kappa shape index (κ2) is 4.45. The van der Waals surface area contributed by atoms with Crippen LogP contribution in [0.5, 0.6) is 0 Å². The molecule has 0 saturated carbocycles. The quantitative estimate of drug-likeness (QED) is 0.650. The molecular formula is C14H21NO2. The number of allylic oxidation sites excluding steroid dienone is 2. The second-order valence-electron chi connectivity index (χ2n) is 5.69. The molecule has 3 rings (SSSR count). The molecule has 3 aliphatic rings. The number of likely N-dealkylation sites (tertiary alicyclic amines) is 1.